The van der Waals surface area contributed by atoms with E-state index in [1.807, 2.05) is 38.1 Å². The number of fused-ring (bicyclic) bond motifs is 1. The minimum atomic E-state index is -0.603. The van der Waals surface area contributed by atoms with Crippen molar-refractivity contribution < 1.29 is 9.53 Å². The number of esters is 1. The van der Waals surface area contributed by atoms with E-state index in [9.17, 15) is 9.59 Å². The smallest absolute Gasteiger partial charge is 0.358 e. The second-order valence-corrected chi connectivity index (χ2v) is 8.06. The molecule has 0 aliphatic carbocycles. The summed E-state index contributed by atoms with van der Waals surface area (Å²) in [5.41, 5.74) is 3.49. The van der Waals surface area contributed by atoms with Crippen LogP contribution in [-0.4, -0.2) is 32.6 Å². The predicted molar refractivity (Wildman–Crippen MR) is 128 cm³/mol. The van der Waals surface area contributed by atoms with Gasteiger partial charge in [-0.3, -0.25) is 14.3 Å². The molecule has 4 rings (SSSR count). The van der Waals surface area contributed by atoms with Gasteiger partial charge in [-0.05, 0) is 49.7 Å². The normalized spacial score (nSPS) is 11.9. The maximum atomic E-state index is 13.2. The van der Waals surface area contributed by atoms with Gasteiger partial charge in [0.25, 0.3) is 5.56 Å². The summed E-state index contributed by atoms with van der Waals surface area (Å²) in [5.74, 6) is -0.0659. The maximum Gasteiger partial charge on any atom is 0.358 e. The van der Waals surface area contributed by atoms with Crippen molar-refractivity contribution in [2.75, 3.05) is 12.4 Å². The average Bonchev–Trinajstić information content (AvgIpc) is 2.82. The predicted octanol–water partition coefficient (Wildman–Crippen LogP) is 4.31. The van der Waals surface area contributed by atoms with E-state index >= 15 is 0 Å². The summed E-state index contributed by atoms with van der Waals surface area (Å²) in [6.45, 7) is 3.85. The number of pyridine rings is 2. The highest BCUT2D eigenvalue weighted by Gasteiger charge is 2.20. The number of carbonyl (C=O) groups excluding carboxylic acids is 1. The molecule has 1 aromatic carbocycles. The standard InChI is InChI=1S/C24H22ClN5O3/c1-13-11-16(14(2)27-18-5-6-19(25)28-21(18)24(32)33-4)20-17(12-13)23(31)30(3)22(29-20)15-7-9-26-10-8-15/h5-12,14,27H,1-4H3/t14-/m1/s1. The highest BCUT2D eigenvalue weighted by Crippen LogP contribution is 2.29. The second-order valence-electron chi connectivity index (χ2n) is 7.67. The van der Waals surface area contributed by atoms with Crippen molar-refractivity contribution in [1.82, 2.24) is 19.5 Å². The van der Waals surface area contributed by atoms with Crippen molar-refractivity contribution in [1.29, 1.82) is 0 Å². The van der Waals surface area contributed by atoms with E-state index in [0.29, 0.717) is 22.4 Å². The molecule has 168 valence electrons. The molecule has 0 fully saturated rings. The Morgan fingerprint density at radius 2 is 1.88 bits per heavy atom. The van der Waals surface area contributed by atoms with Crippen molar-refractivity contribution in [3.05, 3.63) is 81.1 Å². The Balaban J connectivity index is 1.87. The zero-order chi connectivity index (χ0) is 23.7. The van der Waals surface area contributed by atoms with Gasteiger partial charge < -0.3 is 10.1 Å². The summed E-state index contributed by atoms with van der Waals surface area (Å²) >= 11 is 5.98. The van der Waals surface area contributed by atoms with Gasteiger partial charge in [-0.2, -0.15) is 0 Å². The van der Waals surface area contributed by atoms with Crippen molar-refractivity contribution in [3.8, 4) is 11.4 Å². The van der Waals surface area contributed by atoms with E-state index in [2.05, 4.69) is 15.3 Å². The summed E-state index contributed by atoms with van der Waals surface area (Å²) in [7, 11) is 2.99. The van der Waals surface area contributed by atoms with Crippen LogP contribution in [0.15, 0.2) is 53.6 Å². The molecule has 1 atom stereocenters. The van der Waals surface area contributed by atoms with Crippen LogP contribution >= 0.6 is 11.6 Å². The number of benzene rings is 1. The molecular weight excluding hydrogens is 442 g/mol. The number of hydrogen-bond donors (Lipinski definition) is 1. The van der Waals surface area contributed by atoms with Crippen molar-refractivity contribution in [2.45, 2.75) is 19.9 Å². The Hall–Kier alpha value is -3.78. The first kappa shape index (κ1) is 22.4. The summed E-state index contributed by atoms with van der Waals surface area (Å²) in [6.07, 6.45) is 3.32. The summed E-state index contributed by atoms with van der Waals surface area (Å²) in [6, 6.07) is 10.4. The topological polar surface area (TPSA) is 99.0 Å². The zero-order valence-corrected chi connectivity index (χ0v) is 19.3. The number of rotatable bonds is 5. The van der Waals surface area contributed by atoms with Gasteiger partial charge in [0.1, 0.15) is 11.0 Å². The van der Waals surface area contributed by atoms with Crippen molar-refractivity contribution >= 4 is 34.2 Å². The molecular formula is C24H22ClN5O3. The number of aromatic nitrogens is 4. The Bertz CT molecular complexity index is 1420. The molecule has 0 radical (unpaired) electrons. The number of nitrogens with one attached hydrogen (secondary N) is 1. The third kappa shape index (κ3) is 4.29. The quantitative estimate of drug-likeness (QED) is 0.347. The van der Waals surface area contributed by atoms with Crippen LogP contribution in [0.5, 0.6) is 0 Å². The molecule has 0 aliphatic heterocycles. The van der Waals surface area contributed by atoms with Gasteiger partial charge in [-0.25, -0.2) is 14.8 Å². The fourth-order valence-electron chi connectivity index (χ4n) is 3.76. The van der Waals surface area contributed by atoms with E-state index in [1.165, 1.54) is 11.7 Å². The Kier molecular flexibility index (Phi) is 6.11. The van der Waals surface area contributed by atoms with Crippen LogP contribution in [0.1, 0.15) is 34.6 Å². The summed E-state index contributed by atoms with van der Waals surface area (Å²) < 4.78 is 6.38. The second kappa shape index (κ2) is 8.99. The van der Waals surface area contributed by atoms with Gasteiger partial charge in [-0.1, -0.05) is 17.7 Å². The number of aryl methyl sites for hydroxylation is 1. The highest BCUT2D eigenvalue weighted by molar-refractivity contribution is 6.29. The van der Waals surface area contributed by atoms with Gasteiger partial charge in [0.15, 0.2) is 5.69 Å². The monoisotopic (exact) mass is 463 g/mol. The molecule has 0 saturated heterocycles. The molecule has 3 aromatic heterocycles. The molecule has 9 heteroatoms. The van der Waals surface area contributed by atoms with E-state index in [1.54, 1.807) is 31.6 Å². The van der Waals surface area contributed by atoms with Gasteiger partial charge in [-0.15, -0.1) is 0 Å². The van der Waals surface area contributed by atoms with Gasteiger partial charge in [0, 0.05) is 30.6 Å². The highest BCUT2D eigenvalue weighted by atomic mass is 35.5. The fourth-order valence-corrected chi connectivity index (χ4v) is 3.90. The fraction of sp³-hybridized carbons (Fsp3) is 0.208. The lowest BCUT2D eigenvalue weighted by atomic mass is 10.0. The SMILES string of the molecule is COC(=O)c1nc(Cl)ccc1N[C@H](C)c1cc(C)cc2c(=O)n(C)c(-c3ccncc3)nc12. The summed E-state index contributed by atoms with van der Waals surface area (Å²) in [5, 5.41) is 4.00. The first-order chi connectivity index (χ1) is 15.8. The third-order valence-corrected chi connectivity index (χ3v) is 5.58. The number of hydrogen-bond acceptors (Lipinski definition) is 7. The van der Waals surface area contributed by atoms with E-state index in [0.717, 1.165) is 16.7 Å². The molecule has 0 amide bonds. The number of ether oxygens (including phenoxy) is 1. The Morgan fingerprint density at radius 3 is 2.58 bits per heavy atom. The lowest BCUT2D eigenvalue weighted by molar-refractivity contribution is 0.0595. The number of anilines is 1. The number of halogens is 1. The van der Waals surface area contributed by atoms with Crippen molar-refractivity contribution in [3.63, 3.8) is 0 Å². The Labute approximate surface area is 195 Å². The molecule has 1 N–H and O–H groups in total. The minimum absolute atomic E-state index is 0.0788. The number of nitrogens with zero attached hydrogens (tertiary/aromatic N) is 4. The summed E-state index contributed by atoms with van der Waals surface area (Å²) in [4.78, 5) is 38.5. The van der Waals surface area contributed by atoms with E-state index in [-0.39, 0.29) is 22.4 Å². The first-order valence-corrected chi connectivity index (χ1v) is 10.6. The largest absolute Gasteiger partial charge is 0.464 e. The van der Waals surface area contributed by atoms with Crippen LogP contribution < -0.4 is 10.9 Å². The van der Waals surface area contributed by atoms with Crippen LogP contribution in [0, 0.1) is 6.92 Å². The van der Waals surface area contributed by atoms with E-state index in [4.69, 9.17) is 21.3 Å². The Morgan fingerprint density at radius 1 is 1.15 bits per heavy atom. The van der Waals surface area contributed by atoms with Crippen LogP contribution in [0.2, 0.25) is 5.15 Å². The van der Waals surface area contributed by atoms with Gasteiger partial charge in [0.2, 0.25) is 0 Å². The number of carbonyl (C=O) groups is 1. The number of methoxy groups -OCH3 is 1. The van der Waals surface area contributed by atoms with E-state index < -0.39 is 5.97 Å². The molecule has 3 heterocycles. The van der Waals surface area contributed by atoms with Gasteiger partial charge >= 0.3 is 5.97 Å². The molecule has 0 aliphatic rings. The lowest BCUT2D eigenvalue weighted by Crippen LogP contribution is -2.22. The molecule has 0 bridgehead atoms. The molecule has 8 nitrogen and oxygen atoms in total. The van der Waals surface area contributed by atoms with Crippen LogP contribution in [0.25, 0.3) is 22.3 Å². The molecule has 0 unspecified atom stereocenters. The lowest BCUT2D eigenvalue weighted by Gasteiger charge is -2.20. The molecule has 33 heavy (non-hydrogen) atoms. The van der Waals surface area contributed by atoms with Crippen molar-refractivity contribution in [2.24, 2.45) is 7.05 Å². The zero-order valence-electron chi connectivity index (χ0n) is 18.6. The molecule has 0 spiro atoms. The van der Waals surface area contributed by atoms with Crippen LogP contribution in [0.3, 0.4) is 0 Å². The maximum absolute atomic E-state index is 13.2. The van der Waals surface area contributed by atoms with Crippen LogP contribution in [-0.2, 0) is 11.8 Å². The first-order valence-electron chi connectivity index (χ1n) is 10.2. The van der Waals surface area contributed by atoms with Crippen LogP contribution in [0.4, 0.5) is 5.69 Å². The third-order valence-electron chi connectivity index (χ3n) is 5.37. The van der Waals surface area contributed by atoms with Gasteiger partial charge in [0.05, 0.1) is 29.7 Å². The minimum Gasteiger partial charge on any atom is -0.464 e. The molecule has 0 saturated carbocycles. The molecule has 4 aromatic rings. The average molecular weight is 464 g/mol.